The topological polar surface area (TPSA) is 99.8 Å². The first kappa shape index (κ1) is 19.6. The quantitative estimate of drug-likeness (QED) is 0.735. The van der Waals surface area contributed by atoms with Crippen molar-refractivity contribution in [1.82, 2.24) is 9.78 Å². The number of nitrogens with zero attached hydrogens (tertiary/aromatic N) is 3. The number of carbonyl (C=O) groups is 2. The maximum absolute atomic E-state index is 12.4. The number of rotatable bonds is 8. The maximum atomic E-state index is 12.4. The summed E-state index contributed by atoms with van der Waals surface area (Å²) in [6.45, 7) is 4.46. The summed E-state index contributed by atoms with van der Waals surface area (Å²) in [6, 6.07) is 9.33. The number of benzene rings is 1. The summed E-state index contributed by atoms with van der Waals surface area (Å²) < 4.78 is 1.83. The zero-order valence-corrected chi connectivity index (χ0v) is 16.3. The molecule has 0 spiro atoms. The average molecular weight is 379 g/mol. The molecule has 0 aliphatic heterocycles. The molecule has 3 rings (SSSR count). The molecule has 1 fully saturated rings. The van der Waals surface area contributed by atoms with E-state index in [1.54, 1.807) is 12.1 Å². The highest BCUT2D eigenvalue weighted by Gasteiger charge is 2.29. The first-order chi connectivity index (χ1) is 13.5. The van der Waals surface area contributed by atoms with Gasteiger partial charge in [0.1, 0.15) is 0 Å². The smallest absolute Gasteiger partial charge is 0.227 e. The average Bonchev–Trinajstić information content (AvgIpc) is 3.47. The molecular weight excluding hydrogens is 354 g/mol. The van der Waals surface area contributed by atoms with E-state index in [1.165, 1.54) is 0 Å². The van der Waals surface area contributed by atoms with Crippen LogP contribution in [0.25, 0.3) is 0 Å². The van der Waals surface area contributed by atoms with E-state index >= 15 is 0 Å². The van der Waals surface area contributed by atoms with Gasteiger partial charge in [-0.2, -0.15) is 10.4 Å². The van der Waals surface area contributed by atoms with Crippen molar-refractivity contribution < 1.29 is 9.59 Å². The van der Waals surface area contributed by atoms with Crippen LogP contribution in [0.15, 0.2) is 24.3 Å². The fraction of sp³-hybridized carbons (Fsp3) is 0.429. The van der Waals surface area contributed by atoms with Crippen molar-refractivity contribution >= 4 is 23.2 Å². The van der Waals surface area contributed by atoms with Gasteiger partial charge in [-0.1, -0.05) is 6.07 Å². The van der Waals surface area contributed by atoms with Gasteiger partial charge < -0.3 is 10.6 Å². The lowest BCUT2D eigenvalue weighted by atomic mass is 10.1. The summed E-state index contributed by atoms with van der Waals surface area (Å²) in [4.78, 5) is 24.2. The van der Waals surface area contributed by atoms with Crippen LogP contribution in [0.5, 0.6) is 0 Å². The number of anilines is 2. The summed E-state index contributed by atoms with van der Waals surface area (Å²) in [5, 5.41) is 19.0. The Labute approximate surface area is 164 Å². The molecule has 1 aromatic heterocycles. The second-order valence-corrected chi connectivity index (χ2v) is 7.17. The molecule has 0 saturated heterocycles. The Kier molecular flexibility index (Phi) is 6.09. The molecule has 1 aliphatic rings. The predicted octanol–water partition coefficient (Wildman–Crippen LogP) is 3.33. The Morgan fingerprint density at radius 2 is 1.96 bits per heavy atom. The highest BCUT2D eigenvalue weighted by molar-refractivity contribution is 5.96. The van der Waals surface area contributed by atoms with Crippen LogP contribution in [0.4, 0.5) is 11.4 Å². The lowest BCUT2D eigenvalue weighted by Gasteiger charge is -2.09. The van der Waals surface area contributed by atoms with E-state index in [0.717, 1.165) is 29.8 Å². The number of amides is 2. The monoisotopic (exact) mass is 379 g/mol. The third kappa shape index (κ3) is 4.97. The zero-order valence-electron chi connectivity index (χ0n) is 16.3. The van der Waals surface area contributed by atoms with Crippen molar-refractivity contribution in [3.05, 3.63) is 41.2 Å². The molecule has 2 amide bonds. The molecule has 1 saturated carbocycles. The van der Waals surface area contributed by atoms with E-state index in [1.807, 2.05) is 30.7 Å². The molecule has 0 radical (unpaired) electrons. The molecule has 0 unspecified atom stereocenters. The minimum atomic E-state index is -0.0887. The van der Waals surface area contributed by atoms with Crippen LogP contribution in [0.2, 0.25) is 0 Å². The van der Waals surface area contributed by atoms with Gasteiger partial charge in [0.15, 0.2) is 0 Å². The van der Waals surface area contributed by atoms with Gasteiger partial charge in [-0.25, -0.2) is 0 Å². The number of carbonyl (C=O) groups excluding carboxylic acids is 2. The van der Waals surface area contributed by atoms with E-state index in [4.69, 9.17) is 5.26 Å². The van der Waals surface area contributed by atoms with Gasteiger partial charge in [0, 0.05) is 29.4 Å². The second-order valence-electron chi connectivity index (χ2n) is 7.17. The molecule has 1 heterocycles. The van der Waals surface area contributed by atoms with E-state index < -0.39 is 0 Å². The Hall–Kier alpha value is -3.14. The Balaban J connectivity index is 1.55. The fourth-order valence-corrected chi connectivity index (χ4v) is 3.20. The molecule has 0 atom stereocenters. The summed E-state index contributed by atoms with van der Waals surface area (Å²) in [5.41, 5.74) is 4.31. The molecular formula is C21H25N5O2. The van der Waals surface area contributed by atoms with E-state index in [0.29, 0.717) is 37.2 Å². The van der Waals surface area contributed by atoms with Crippen LogP contribution in [0.1, 0.15) is 42.6 Å². The molecule has 7 nitrogen and oxygen atoms in total. The minimum Gasteiger partial charge on any atom is -0.326 e. The van der Waals surface area contributed by atoms with Crippen LogP contribution in [-0.4, -0.2) is 21.6 Å². The molecule has 1 aliphatic carbocycles. The molecule has 146 valence electrons. The maximum Gasteiger partial charge on any atom is 0.227 e. The number of aromatic nitrogens is 2. The Morgan fingerprint density at radius 3 is 2.64 bits per heavy atom. The Morgan fingerprint density at radius 1 is 1.25 bits per heavy atom. The van der Waals surface area contributed by atoms with Gasteiger partial charge in [-0.05, 0) is 56.9 Å². The first-order valence-electron chi connectivity index (χ1n) is 9.58. The third-order valence-electron chi connectivity index (χ3n) is 4.93. The summed E-state index contributed by atoms with van der Waals surface area (Å²) in [6.07, 6.45) is 3.25. The standard InChI is InChI=1S/C21H25N5O2/c1-14-19(15(2)26(25-14)12-4-11-22)9-10-20(27)23-17-5-3-6-18(13-17)24-21(28)16-7-8-16/h3,5-6,13,16H,4,7-10,12H2,1-2H3,(H,23,27)(H,24,28). The van der Waals surface area contributed by atoms with Crippen LogP contribution >= 0.6 is 0 Å². The summed E-state index contributed by atoms with van der Waals surface area (Å²) in [7, 11) is 0. The molecule has 2 aromatic rings. The lowest BCUT2D eigenvalue weighted by Crippen LogP contribution is -2.15. The predicted molar refractivity (Wildman–Crippen MR) is 107 cm³/mol. The van der Waals surface area contributed by atoms with Crippen molar-refractivity contribution in [3.8, 4) is 6.07 Å². The highest BCUT2D eigenvalue weighted by atomic mass is 16.2. The van der Waals surface area contributed by atoms with Gasteiger partial charge in [0.2, 0.25) is 11.8 Å². The fourth-order valence-electron chi connectivity index (χ4n) is 3.20. The normalized spacial score (nSPS) is 13.0. The van der Waals surface area contributed by atoms with Gasteiger partial charge >= 0.3 is 0 Å². The van der Waals surface area contributed by atoms with Gasteiger partial charge in [0.05, 0.1) is 24.7 Å². The molecule has 0 bridgehead atoms. The number of nitriles is 1. The molecule has 2 N–H and O–H groups in total. The van der Waals surface area contributed by atoms with Crippen LogP contribution in [-0.2, 0) is 22.6 Å². The van der Waals surface area contributed by atoms with Crippen molar-refractivity contribution in [2.75, 3.05) is 10.6 Å². The number of aryl methyl sites for hydroxylation is 2. The van der Waals surface area contributed by atoms with E-state index in [-0.39, 0.29) is 17.7 Å². The van der Waals surface area contributed by atoms with Crippen molar-refractivity contribution in [2.45, 2.75) is 52.5 Å². The largest absolute Gasteiger partial charge is 0.326 e. The highest BCUT2D eigenvalue weighted by Crippen LogP contribution is 2.30. The molecule has 1 aromatic carbocycles. The Bertz CT molecular complexity index is 921. The van der Waals surface area contributed by atoms with Gasteiger partial charge in [-0.3, -0.25) is 14.3 Å². The van der Waals surface area contributed by atoms with Crippen LogP contribution in [0.3, 0.4) is 0 Å². The molecule has 7 heteroatoms. The van der Waals surface area contributed by atoms with Gasteiger partial charge in [0.25, 0.3) is 0 Å². The van der Waals surface area contributed by atoms with Crippen molar-refractivity contribution in [2.24, 2.45) is 5.92 Å². The van der Waals surface area contributed by atoms with Crippen molar-refractivity contribution in [3.63, 3.8) is 0 Å². The number of hydrogen-bond donors (Lipinski definition) is 2. The minimum absolute atomic E-state index is 0.0443. The summed E-state index contributed by atoms with van der Waals surface area (Å²) >= 11 is 0. The SMILES string of the molecule is Cc1nn(CCC#N)c(C)c1CCC(=O)Nc1cccc(NC(=O)C2CC2)c1. The van der Waals surface area contributed by atoms with Crippen LogP contribution < -0.4 is 10.6 Å². The molecule has 28 heavy (non-hydrogen) atoms. The lowest BCUT2D eigenvalue weighted by molar-refractivity contribution is -0.117. The van der Waals surface area contributed by atoms with Crippen molar-refractivity contribution in [1.29, 1.82) is 5.26 Å². The van der Waals surface area contributed by atoms with Crippen LogP contribution in [0, 0.1) is 31.1 Å². The number of hydrogen-bond acceptors (Lipinski definition) is 4. The second kappa shape index (κ2) is 8.70. The number of nitrogens with one attached hydrogen (secondary N) is 2. The summed E-state index contributed by atoms with van der Waals surface area (Å²) in [5.74, 6) is 0.0934. The van der Waals surface area contributed by atoms with Gasteiger partial charge in [-0.15, -0.1) is 0 Å². The first-order valence-corrected chi connectivity index (χ1v) is 9.58. The zero-order chi connectivity index (χ0) is 20.1. The van der Waals surface area contributed by atoms with E-state index in [2.05, 4.69) is 21.8 Å². The third-order valence-corrected chi connectivity index (χ3v) is 4.93. The van der Waals surface area contributed by atoms with E-state index in [9.17, 15) is 9.59 Å².